The van der Waals surface area contributed by atoms with Crippen LogP contribution in [0.5, 0.6) is 5.75 Å². The summed E-state index contributed by atoms with van der Waals surface area (Å²) < 4.78 is 12.6. The van der Waals surface area contributed by atoms with Crippen LogP contribution in [0.2, 0.25) is 0 Å². The summed E-state index contributed by atoms with van der Waals surface area (Å²) >= 11 is 0. The fourth-order valence-corrected chi connectivity index (χ4v) is 3.88. The molecule has 1 saturated heterocycles. The van der Waals surface area contributed by atoms with E-state index in [2.05, 4.69) is 5.32 Å². The highest BCUT2D eigenvalue weighted by atomic mass is 16.5. The van der Waals surface area contributed by atoms with E-state index in [4.69, 9.17) is 9.47 Å². The minimum Gasteiger partial charge on any atom is -0.494 e. The van der Waals surface area contributed by atoms with Gasteiger partial charge in [-0.05, 0) is 43.3 Å². The molecule has 8 nitrogen and oxygen atoms in total. The lowest BCUT2D eigenvalue weighted by Crippen LogP contribution is -2.42. The van der Waals surface area contributed by atoms with Crippen molar-refractivity contribution in [3.8, 4) is 11.8 Å². The van der Waals surface area contributed by atoms with Gasteiger partial charge < -0.3 is 24.3 Å². The zero-order chi connectivity index (χ0) is 23.9. The second-order valence-electron chi connectivity index (χ2n) is 7.80. The number of fused-ring (bicyclic) bond motifs is 1. The summed E-state index contributed by atoms with van der Waals surface area (Å²) in [4.78, 5) is 27.3. The molecule has 1 aromatic heterocycles. The summed E-state index contributed by atoms with van der Waals surface area (Å²) in [5.74, 6) is 0.206. The lowest BCUT2D eigenvalue weighted by Gasteiger charge is -2.27. The Labute approximate surface area is 198 Å². The number of morpholine rings is 1. The van der Waals surface area contributed by atoms with E-state index in [0.29, 0.717) is 49.9 Å². The third-order valence-electron chi connectivity index (χ3n) is 5.58. The molecule has 0 spiro atoms. The monoisotopic (exact) mass is 458 g/mol. The van der Waals surface area contributed by atoms with Crippen LogP contribution in [0.1, 0.15) is 12.5 Å². The highest BCUT2D eigenvalue weighted by Gasteiger charge is 2.19. The van der Waals surface area contributed by atoms with Gasteiger partial charge in [0.15, 0.2) is 0 Å². The van der Waals surface area contributed by atoms with Gasteiger partial charge in [-0.1, -0.05) is 18.2 Å². The van der Waals surface area contributed by atoms with Crippen LogP contribution in [0.15, 0.2) is 60.3 Å². The maximum atomic E-state index is 12.8. The Morgan fingerprint density at radius 2 is 1.88 bits per heavy atom. The Kier molecular flexibility index (Phi) is 7.25. The Hall–Kier alpha value is -4.09. The number of ether oxygens (including phenoxy) is 2. The van der Waals surface area contributed by atoms with Crippen molar-refractivity contribution in [1.29, 1.82) is 5.26 Å². The third-order valence-corrected chi connectivity index (χ3v) is 5.58. The van der Waals surface area contributed by atoms with Crippen molar-refractivity contribution in [2.24, 2.45) is 0 Å². The number of aromatic nitrogens is 1. The van der Waals surface area contributed by atoms with Gasteiger partial charge in [0, 0.05) is 41.4 Å². The van der Waals surface area contributed by atoms with Gasteiger partial charge in [0.05, 0.1) is 19.8 Å². The molecule has 1 aliphatic heterocycles. The lowest BCUT2D eigenvalue weighted by atomic mass is 10.1. The normalized spacial score (nSPS) is 14.0. The first-order valence-corrected chi connectivity index (χ1v) is 11.2. The average molecular weight is 459 g/mol. The molecule has 2 heterocycles. The third kappa shape index (κ3) is 5.27. The van der Waals surface area contributed by atoms with E-state index >= 15 is 0 Å². The van der Waals surface area contributed by atoms with Crippen LogP contribution < -0.4 is 10.1 Å². The molecular weight excluding hydrogens is 432 g/mol. The number of carbonyl (C=O) groups is 2. The zero-order valence-electron chi connectivity index (χ0n) is 19.0. The summed E-state index contributed by atoms with van der Waals surface area (Å²) in [5, 5.41) is 13.3. The smallest absolute Gasteiger partial charge is 0.266 e. The summed E-state index contributed by atoms with van der Waals surface area (Å²) in [5.41, 5.74) is 2.09. The molecule has 0 saturated carbocycles. The molecule has 3 aromatic rings. The van der Waals surface area contributed by atoms with Crippen molar-refractivity contribution in [3.05, 3.63) is 65.9 Å². The fraction of sp³-hybridized carbons (Fsp3) is 0.269. The lowest BCUT2D eigenvalue weighted by molar-refractivity contribution is -0.135. The summed E-state index contributed by atoms with van der Waals surface area (Å²) in [7, 11) is 0. The molecule has 0 bridgehead atoms. The molecule has 0 unspecified atom stereocenters. The molecule has 0 radical (unpaired) electrons. The predicted molar refractivity (Wildman–Crippen MR) is 129 cm³/mol. The van der Waals surface area contributed by atoms with Crippen LogP contribution in [0.4, 0.5) is 5.69 Å². The molecule has 2 amide bonds. The van der Waals surface area contributed by atoms with Crippen LogP contribution in [-0.4, -0.2) is 54.2 Å². The van der Waals surface area contributed by atoms with Crippen molar-refractivity contribution < 1.29 is 19.1 Å². The highest BCUT2D eigenvalue weighted by Crippen LogP contribution is 2.24. The summed E-state index contributed by atoms with van der Waals surface area (Å²) in [6.07, 6.45) is 3.37. The van der Waals surface area contributed by atoms with Gasteiger partial charge >= 0.3 is 0 Å². The second kappa shape index (κ2) is 10.7. The number of amides is 2. The summed E-state index contributed by atoms with van der Waals surface area (Å²) in [6, 6.07) is 16.6. The molecule has 0 aliphatic carbocycles. The molecule has 2 aromatic carbocycles. The number of para-hydroxylation sites is 1. The fourth-order valence-electron chi connectivity index (χ4n) is 3.88. The van der Waals surface area contributed by atoms with Crippen molar-refractivity contribution in [1.82, 2.24) is 9.47 Å². The first-order chi connectivity index (χ1) is 16.6. The molecule has 34 heavy (non-hydrogen) atoms. The van der Waals surface area contributed by atoms with E-state index < -0.39 is 5.91 Å². The number of anilines is 1. The van der Waals surface area contributed by atoms with Crippen LogP contribution in [0.25, 0.3) is 17.0 Å². The maximum Gasteiger partial charge on any atom is 0.266 e. The molecule has 1 aliphatic rings. The predicted octanol–water partition coefficient (Wildman–Crippen LogP) is 3.44. The average Bonchev–Trinajstić information content (AvgIpc) is 3.21. The molecule has 0 atom stereocenters. The van der Waals surface area contributed by atoms with Crippen molar-refractivity contribution in [2.45, 2.75) is 13.5 Å². The van der Waals surface area contributed by atoms with Gasteiger partial charge in [0.25, 0.3) is 5.91 Å². The molecule has 1 N–H and O–H groups in total. The number of nitrogens with one attached hydrogen (secondary N) is 1. The Bertz CT molecular complexity index is 1250. The minimum absolute atomic E-state index is 0.00771. The maximum absolute atomic E-state index is 12.8. The standard InChI is InChI=1S/C26H26N4O4/c1-2-34-22-9-7-21(8-10-22)28-26(32)19(16-27)15-20-17-30(24-6-4-3-5-23(20)24)18-25(31)29-11-13-33-14-12-29/h3-10,15,17H,2,11-14,18H2,1H3,(H,28,32)/b19-15+. The minimum atomic E-state index is -0.507. The molecular formula is C26H26N4O4. The Balaban J connectivity index is 1.56. The largest absolute Gasteiger partial charge is 0.494 e. The van der Waals surface area contributed by atoms with Gasteiger partial charge in [-0.3, -0.25) is 9.59 Å². The van der Waals surface area contributed by atoms with E-state index in [9.17, 15) is 14.9 Å². The number of hydrogen-bond acceptors (Lipinski definition) is 5. The van der Waals surface area contributed by atoms with Crippen LogP contribution >= 0.6 is 0 Å². The van der Waals surface area contributed by atoms with Crippen LogP contribution in [0.3, 0.4) is 0 Å². The van der Waals surface area contributed by atoms with Gasteiger partial charge in [-0.25, -0.2) is 0 Å². The molecule has 174 valence electrons. The number of carbonyl (C=O) groups excluding carboxylic acids is 2. The first kappa shape index (κ1) is 23.1. The van der Waals surface area contributed by atoms with Gasteiger partial charge in [0.2, 0.25) is 5.91 Å². The first-order valence-electron chi connectivity index (χ1n) is 11.2. The van der Waals surface area contributed by atoms with E-state index in [1.165, 1.54) is 0 Å². The van der Waals surface area contributed by atoms with E-state index in [-0.39, 0.29) is 18.0 Å². The quantitative estimate of drug-likeness (QED) is 0.432. The molecule has 4 rings (SSSR count). The number of hydrogen-bond donors (Lipinski definition) is 1. The van der Waals surface area contributed by atoms with Crippen molar-refractivity contribution in [2.75, 3.05) is 38.2 Å². The van der Waals surface area contributed by atoms with Crippen molar-refractivity contribution >= 4 is 34.5 Å². The second-order valence-corrected chi connectivity index (χ2v) is 7.80. The van der Waals surface area contributed by atoms with Gasteiger partial charge in [0.1, 0.15) is 23.9 Å². The van der Waals surface area contributed by atoms with Crippen molar-refractivity contribution in [3.63, 3.8) is 0 Å². The Morgan fingerprint density at radius 3 is 2.59 bits per heavy atom. The number of rotatable bonds is 7. The van der Waals surface area contributed by atoms with Gasteiger partial charge in [-0.2, -0.15) is 5.26 Å². The number of nitriles is 1. The number of nitrogens with zero attached hydrogens (tertiary/aromatic N) is 3. The highest BCUT2D eigenvalue weighted by molar-refractivity contribution is 6.10. The SMILES string of the molecule is CCOc1ccc(NC(=O)/C(C#N)=C/c2cn(CC(=O)N3CCOCC3)c3ccccc23)cc1. The van der Waals surface area contributed by atoms with E-state index in [1.807, 2.05) is 48.0 Å². The topological polar surface area (TPSA) is 96.6 Å². The molecule has 1 fully saturated rings. The zero-order valence-corrected chi connectivity index (χ0v) is 19.0. The number of benzene rings is 2. The molecule has 8 heteroatoms. The van der Waals surface area contributed by atoms with Gasteiger partial charge in [-0.15, -0.1) is 0 Å². The van der Waals surface area contributed by atoms with Crippen LogP contribution in [0, 0.1) is 11.3 Å². The summed E-state index contributed by atoms with van der Waals surface area (Å²) in [6.45, 7) is 4.87. The van der Waals surface area contributed by atoms with E-state index in [0.717, 1.165) is 10.9 Å². The Morgan fingerprint density at radius 1 is 1.15 bits per heavy atom. The van der Waals surface area contributed by atoms with E-state index in [1.54, 1.807) is 35.2 Å². The van der Waals surface area contributed by atoms with Crippen LogP contribution in [-0.2, 0) is 20.9 Å².